The predicted octanol–water partition coefficient (Wildman–Crippen LogP) is 5.18. The first-order valence-corrected chi connectivity index (χ1v) is 13.3. The van der Waals surface area contributed by atoms with Crippen LogP contribution in [0.4, 0.5) is 5.69 Å². The second kappa shape index (κ2) is 11.2. The van der Waals surface area contributed by atoms with Gasteiger partial charge < -0.3 is 15.0 Å². The minimum atomic E-state index is -1.56. The van der Waals surface area contributed by atoms with Crippen LogP contribution >= 0.6 is 0 Å². The van der Waals surface area contributed by atoms with Crippen LogP contribution in [0, 0.1) is 13.8 Å². The van der Waals surface area contributed by atoms with Crippen LogP contribution in [0.25, 0.3) is 0 Å². The molecule has 1 N–H and O–H groups in total. The van der Waals surface area contributed by atoms with Gasteiger partial charge in [0.25, 0.3) is 11.8 Å². The smallest absolute Gasteiger partial charge is 0.259 e. The minimum absolute atomic E-state index is 0.149. The highest BCUT2D eigenvalue weighted by atomic mass is 32.2. The van der Waals surface area contributed by atoms with Crippen LogP contribution in [-0.2, 0) is 22.1 Å². The Bertz CT molecular complexity index is 1320. The summed E-state index contributed by atoms with van der Waals surface area (Å²) in [6.07, 6.45) is 0.849. The van der Waals surface area contributed by atoms with Gasteiger partial charge in [0, 0.05) is 18.7 Å². The molecule has 0 fully saturated rings. The molecule has 0 unspecified atom stereocenters. The SMILES string of the molecule is Cc1ccc(C)c(CN2C(=O)c3ccccc3[S@](=O)c3ccc(C(=O)NCCCOC(C)C)cc32)c1. The van der Waals surface area contributed by atoms with Crippen molar-refractivity contribution >= 4 is 28.3 Å². The highest BCUT2D eigenvalue weighted by Gasteiger charge is 2.31. The average Bonchev–Trinajstić information content (AvgIpc) is 2.95. The molecule has 0 aliphatic carbocycles. The summed E-state index contributed by atoms with van der Waals surface area (Å²) in [6.45, 7) is 9.33. The number of benzene rings is 3. The summed E-state index contributed by atoms with van der Waals surface area (Å²) in [6, 6.07) is 18.2. The third-order valence-corrected chi connectivity index (χ3v) is 7.67. The van der Waals surface area contributed by atoms with E-state index in [2.05, 4.69) is 11.4 Å². The summed E-state index contributed by atoms with van der Waals surface area (Å²) < 4.78 is 19.1. The van der Waals surface area contributed by atoms with Gasteiger partial charge in [0.2, 0.25) is 0 Å². The molecule has 6 nitrogen and oxygen atoms in total. The van der Waals surface area contributed by atoms with Gasteiger partial charge in [0.15, 0.2) is 0 Å². The Balaban J connectivity index is 1.70. The third-order valence-electron chi connectivity index (χ3n) is 6.16. The Morgan fingerprint density at radius 2 is 1.81 bits per heavy atom. The van der Waals surface area contributed by atoms with Gasteiger partial charge in [-0.1, -0.05) is 35.9 Å². The fourth-order valence-corrected chi connectivity index (χ4v) is 5.54. The van der Waals surface area contributed by atoms with E-state index in [0.29, 0.717) is 52.7 Å². The van der Waals surface area contributed by atoms with Crippen LogP contribution in [0.15, 0.2) is 70.5 Å². The maximum Gasteiger partial charge on any atom is 0.259 e. The van der Waals surface area contributed by atoms with Gasteiger partial charge in [-0.15, -0.1) is 0 Å². The first-order chi connectivity index (χ1) is 17.3. The number of hydrogen-bond donors (Lipinski definition) is 1. The number of carbonyl (C=O) groups excluding carboxylic acids is 2. The van der Waals surface area contributed by atoms with Gasteiger partial charge in [-0.05, 0) is 75.6 Å². The van der Waals surface area contributed by atoms with Crippen LogP contribution in [0.2, 0.25) is 0 Å². The molecule has 2 amide bonds. The van der Waals surface area contributed by atoms with Crippen LogP contribution in [0.5, 0.6) is 0 Å². The van der Waals surface area contributed by atoms with Crippen molar-refractivity contribution in [3.63, 3.8) is 0 Å². The molecule has 0 bridgehead atoms. The fourth-order valence-electron chi connectivity index (χ4n) is 4.20. The molecule has 188 valence electrons. The maximum absolute atomic E-state index is 13.8. The van der Waals surface area contributed by atoms with E-state index < -0.39 is 10.8 Å². The Labute approximate surface area is 215 Å². The Kier molecular flexibility index (Phi) is 8.01. The molecule has 0 saturated carbocycles. The zero-order chi connectivity index (χ0) is 25.8. The van der Waals surface area contributed by atoms with E-state index in [1.54, 1.807) is 47.4 Å². The zero-order valence-corrected chi connectivity index (χ0v) is 22.0. The molecule has 4 rings (SSSR count). The van der Waals surface area contributed by atoms with E-state index in [1.165, 1.54) is 0 Å². The topological polar surface area (TPSA) is 75.7 Å². The summed E-state index contributed by atoms with van der Waals surface area (Å²) in [5, 5.41) is 2.92. The molecule has 0 radical (unpaired) electrons. The number of nitrogens with one attached hydrogen (secondary N) is 1. The van der Waals surface area contributed by atoms with Gasteiger partial charge in [-0.25, -0.2) is 4.21 Å². The number of fused-ring (bicyclic) bond motifs is 2. The second-order valence-electron chi connectivity index (χ2n) is 9.30. The molecule has 3 aromatic rings. The molecule has 0 aromatic heterocycles. The number of aryl methyl sites for hydroxylation is 2. The Hall–Kier alpha value is -3.29. The second-order valence-corrected chi connectivity index (χ2v) is 10.7. The van der Waals surface area contributed by atoms with Crippen LogP contribution < -0.4 is 10.2 Å². The molecule has 0 saturated heterocycles. The largest absolute Gasteiger partial charge is 0.379 e. The molecule has 1 heterocycles. The van der Waals surface area contributed by atoms with Crippen molar-refractivity contribution in [2.75, 3.05) is 18.1 Å². The zero-order valence-electron chi connectivity index (χ0n) is 21.2. The number of amides is 2. The maximum atomic E-state index is 13.8. The van der Waals surface area contributed by atoms with E-state index in [-0.39, 0.29) is 17.9 Å². The van der Waals surface area contributed by atoms with Crippen molar-refractivity contribution in [3.05, 3.63) is 88.5 Å². The minimum Gasteiger partial charge on any atom is -0.379 e. The molecule has 1 atom stereocenters. The molecule has 3 aromatic carbocycles. The standard InChI is InChI=1S/C29H32N2O4S/c1-19(2)35-15-7-14-30-28(32)22-12-13-27-25(17-22)31(18-23-16-20(3)10-11-21(23)4)29(33)24-8-5-6-9-26(24)36(27)34/h5-6,8-13,16-17,19H,7,14-15,18H2,1-4H3,(H,30,32)/t36-/m0/s1. The highest BCUT2D eigenvalue weighted by molar-refractivity contribution is 7.85. The summed E-state index contributed by atoms with van der Waals surface area (Å²) in [5.74, 6) is -0.476. The number of anilines is 1. The van der Waals surface area contributed by atoms with Gasteiger partial charge in [-0.2, -0.15) is 0 Å². The predicted molar refractivity (Wildman–Crippen MR) is 142 cm³/mol. The number of rotatable bonds is 8. The number of nitrogens with zero attached hydrogens (tertiary/aromatic N) is 1. The lowest BCUT2D eigenvalue weighted by Crippen LogP contribution is -2.31. The Morgan fingerprint density at radius 3 is 2.58 bits per heavy atom. The number of hydrogen-bond acceptors (Lipinski definition) is 4. The molecular weight excluding hydrogens is 472 g/mol. The van der Waals surface area contributed by atoms with Crippen LogP contribution in [0.1, 0.15) is 57.7 Å². The van der Waals surface area contributed by atoms with Gasteiger partial charge in [0.1, 0.15) is 0 Å². The van der Waals surface area contributed by atoms with Gasteiger partial charge in [0.05, 0.1) is 44.5 Å². The van der Waals surface area contributed by atoms with Crippen molar-refractivity contribution < 1.29 is 18.5 Å². The highest BCUT2D eigenvalue weighted by Crippen LogP contribution is 2.36. The van der Waals surface area contributed by atoms with Crippen molar-refractivity contribution in [3.8, 4) is 0 Å². The van der Waals surface area contributed by atoms with Gasteiger partial charge >= 0.3 is 0 Å². The van der Waals surface area contributed by atoms with E-state index >= 15 is 0 Å². The monoisotopic (exact) mass is 504 g/mol. The average molecular weight is 505 g/mol. The molecule has 36 heavy (non-hydrogen) atoms. The lowest BCUT2D eigenvalue weighted by molar-refractivity contribution is 0.0757. The van der Waals surface area contributed by atoms with E-state index in [9.17, 15) is 13.8 Å². The third kappa shape index (κ3) is 5.58. The first kappa shape index (κ1) is 25.8. The fraction of sp³-hybridized carbons (Fsp3) is 0.310. The van der Waals surface area contributed by atoms with Crippen molar-refractivity contribution in [2.45, 2.75) is 56.6 Å². The lowest BCUT2D eigenvalue weighted by Gasteiger charge is -2.24. The lowest BCUT2D eigenvalue weighted by atomic mass is 10.0. The normalized spacial score (nSPS) is 14.9. The summed E-state index contributed by atoms with van der Waals surface area (Å²) in [4.78, 5) is 29.4. The van der Waals surface area contributed by atoms with Crippen LogP contribution in [0.3, 0.4) is 0 Å². The summed E-state index contributed by atoms with van der Waals surface area (Å²) in [5.41, 5.74) is 4.47. The van der Waals surface area contributed by atoms with E-state index in [0.717, 1.165) is 16.7 Å². The Morgan fingerprint density at radius 1 is 1.03 bits per heavy atom. The van der Waals surface area contributed by atoms with Crippen LogP contribution in [-0.4, -0.2) is 35.3 Å². The van der Waals surface area contributed by atoms with E-state index in [4.69, 9.17) is 4.74 Å². The van der Waals surface area contributed by atoms with Crippen molar-refractivity contribution in [2.24, 2.45) is 0 Å². The van der Waals surface area contributed by atoms with Gasteiger partial charge in [-0.3, -0.25) is 9.59 Å². The quantitative estimate of drug-likeness (QED) is 0.429. The van der Waals surface area contributed by atoms with Crippen molar-refractivity contribution in [1.82, 2.24) is 5.32 Å². The molecule has 1 aliphatic rings. The number of carbonyl (C=O) groups is 2. The summed E-state index contributed by atoms with van der Waals surface area (Å²) >= 11 is 0. The van der Waals surface area contributed by atoms with E-state index in [1.807, 2.05) is 39.8 Å². The molecule has 1 aliphatic heterocycles. The molecule has 0 spiro atoms. The van der Waals surface area contributed by atoms with Crippen molar-refractivity contribution in [1.29, 1.82) is 0 Å². The molecular formula is C29H32N2O4S. The number of ether oxygens (including phenoxy) is 1. The molecule has 7 heteroatoms. The summed E-state index contributed by atoms with van der Waals surface area (Å²) in [7, 11) is -1.56. The first-order valence-electron chi connectivity index (χ1n) is 12.2.